The predicted octanol–water partition coefficient (Wildman–Crippen LogP) is 2.70. The molecule has 2 N–H and O–H groups in total. The minimum Gasteiger partial charge on any atom is -0.325 e. The number of carbonyl (C=O) groups is 1. The minimum atomic E-state index is -0.0503. The molecule has 0 aliphatic rings. The molecule has 3 nitrogen and oxygen atoms in total. The van der Waals surface area contributed by atoms with Crippen molar-refractivity contribution in [3.05, 3.63) is 29.3 Å². The highest BCUT2D eigenvalue weighted by Gasteiger charge is 2.01. The summed E-state index contributed by atoms with van der Waals surface area (Å²) in [5.41, 5.74) is 0.728. The zero-order valence-corrected chi connectivity index (χ0v) is 10.7. The number of amides is 1. The molecule has 0 spiro atoms. The maximum atomic E-state index is 11.4. The summed E-state index contributed by atoms with van der Waals surface area (Å²) < 4.78 is 0. The lowest BCUT2D eigenvalue weighted by atomic mass is 10.3. The van der Waals surface area contributed by atoms with Gasteiger partial charge in [-0.05, 0) is 31.2 Å². The van der Waals surface area contributed by atoms with Crippen molar-refractivity contribution in [2.45, 2.75) is 13.3 Å². The van der Waals surface area contributed by atoms with E-state index in [9.17, 15) is 4.79 Å². The van der Waals surface area contributed by atoms with Gasteiger partial charge in [-0.15, -0.1) is 12.4 Å². The largest absolute Gasteiger partial charge is 0.325 e. The monoisotopic (exact) mass is 262 g/mol. The third-order valence-corrected chi connectivity index (χ3v) is 2.06. The third-order valence-electron chi connectivity index (χ3n) is 1.82. The van der Waals surface area contributed by atoms with E-state index in [2.05, 4.69) is 17.6 Å². The van der Waals surface area contributed by atoms with Crippen LogP contribution in [-0.2, 0) is 4.79 Å². The molecule has 0 saturated carbocycles. The first-order valence-corrected chi connectivity index (χ1v) is 5.36. The molecule has 5 heteroatoms. The van der Waals surface area contributed by atoms with E-state index in [0.29, 0.717) is 11.6 Å². The van der Waals surface area contributed by atoms with Crippen molar-refractivity contribution >= 4 is 35.6 Å². The number of anilines is 1. The molecule has 0 aromatic heterocycles. The van der Waals surface area contributed by atoms with Gasteiger partial charge in [0.15, 0.2) is 0 Å². The van der Waals surface area contributed by atoms with Crippen LogP contribution in [0.25, 0.3) is 0 Å². The van der Waals surface area contributed by atoms with Crippen LogP contribution in [0.15, 0.2) is 24.3 Å². The Kier molecular flexibility index (Phi) is 7.99. The van der Waals surface area contributed by atoms with Crippen molar-refractivity contribution in [3.63, 3.8) is 0 Å². The van der Waals surface area contributed by atoms with Crippen LogP contribution < -0.4 is 10.6 Å². The van der Waals surface area contributed by atoms with Crippen molar-refractivity contribution < 1.29 is 4.79 Å². The second-order valence-corrected chi connectivity index (χ2v) is 3.67. The molecule has 0 aliphatic carbocycles. The molecule has 0 aliphatic heterocycles. The zero-order chi connectivity index (χ0) is 11.1. The van der Waals surface area contributed by atoms with Crippen molar-refractivity contribution in [3.8, 4) is 0 Å². The fourth-order valence-electron chi connectivity index (χ4n) is 1.15. The maximum Gasteiger partial charge on any atom is 0.238 e. The smallest absolute Gasteiger partial charge is 0.238 e. The number of hydrogen-bond donors (Lipinski definition) is 2. The molecule has 1 amide bonds. The van der Waals surface area contributed by atoms with E-state index < -0.39 is 0 Å². The molecule has 0 atom stereocenters. The summed E-state index contributed by atoms with van der Waals surface area (Å²) in [5, 5.41) is 6.40. The van der Waals surface area contributed by atoms with Crippen LogP contribution in [0, 0.1) is 0 Å². The maximum absolute atomic E-state index is 11.4. The summed E-state index contributed by atoms with van der Waals surface area (Å²) in [5.74, 6) is -0.0503. The number of hydrogen-bond acceptors (Lipinski definition) is 2. The van der Waals surface area contributed by atoms with Gasteiger partial charge in [0.05, 0.1) is 6.54 Å². The van der Waals surface area contributed by atoms with Gasteiger partial charge in [0, 0.05) is 10.7 Å². The molecule has 0 fully saturated rings. The SMILES string of the molecule is CCCNCC(=O)Nc1cccc(Cl)c1.Cl. The molecular formula is C11H16Cl2N2O. The van der Waals surface area contributed by atoms with E-state index in [4.69, 9.17) is 11.6 Å². The molecule has 1 aromatic rings. The van der Waals surface area contributed by atoms with Gasteiger partial charge in [0.1, 0.15) is 0 Å². The molecule has 0 heterocycles. The first-order valence-electron chi connectivity index (χ1n) is 4.98. The molecule has 0 saturated heterocycles. The number of nitrogens with one attached hydrogen (secondary N) is 2. The topological polar surface area (TPSA) is 41.1 Å². The van der Waals surface area contributed by atoms with Crippen LogP contribution in [0.4, 0.5) is 5.69 Å². The lowest BCUT2D eigenvalue weighted by Crippen LogP contribution is -2.28. The Morgan fingerprint density at radius 1 is 1.44 bits per heavy atom. The minimum absolute atomic E-state index is 0. The molecule has 1 aromatic carbocycles. The van der Waals surface area contributed by atoms with Gasteiger partial charge in [0.2, 0.25) is 5.91 Å². The van der Waals surface area contributed by atoms with Crippen molar-refractivity contribution in [2.24, 2.45) is 0 Å². The number of halogens is 2. The highest BCUT2D eigenvalue weighted by atomic mass is 35.5. The summed E-state index contributed by atoms with van der Waals surface area (Å²) >= 11 is 5.79. The molecule has 16 heavy (non-hydrogen) atoms. The van der Waals surface area contributed by atoms with Crippen LogP contribution in [0.3, 0.4) is 0 Å². The van der Waals surface area contributed by atoms with Gasteiger partial charge in [0.25, 0.3) is 0 Å². The first-order chi connectivity index (χ1) is 7.22. The Morgan fingerprint density at radius 2 is 2.19 bits per heavy atom. The van der Waals surface area contributed by atoms with E-state index in [1.807, 2.05) is 6.07 Å². The van der Waals surface area contributed by atoms with Crippen molar-refractivity contribution in [2.75, 3.05) is 18.4 Å². The first kappa shape index (κ1) is 15.2. The average molecular weight is 263 g/mol. The predicted molar refractivity (Wildman–Crippen MR) is 70.5 cm³/mol. The summed E-state index contributed by atoms with van der Waals surface area (Å²) in [6.07, 6.45) is 1.02. The van der Waals surface area contributed by atoms with Gasteiger partial charge in [-0.1, -0.05) is 24.6 Å². The number of benzene rings is 1. The number of rotatable bonds is 5. The Hall–Kier alpha value is -0.770. The van der Waals surface area contributed by atoms with Crippen molar-refractivity contribution in [1.82, 2.24) is 5.32 Å². The Bertz CT molecular complexity index is 332. The van der Waals surface area contributed by atoms with Crippen LogP contribution in [-0.4, -0.2) is 19.0 Å². The van der Waals surface area contributed by atoms with Crippen molar-refractivity contribution in [1.29, 1.82) is 0 Å². The van der Waals surface area contributed by atoms with Gasteiger partial charge in [-0.2, -0.15) is 0 Å². The standard InChI is InChI=1S/C11H15ClN2O.ClH/c1-2-6-13-8-11(15)14-10-5-3-4-9(12)7-10;/h3-5,7,13H,2,6,8H2,1H3,(H,14,15);1H. The summed E-state index contributed by atoms with van der Waals surface area (Å²) in [6.45, 7) is 3.24. The highest BCUT2D eigenvalue weighted by Crippen LogP contribution is 2.14. The molecule has 0 bridgehead atoms. The van der Waals surface area contributed by atoms with Gasteiger partial charge in [-0.3, -0.25) is 4.79 Å². The lowest BCUT2D eigenvalue weighted by molar-refractivity contribution is -0.115. The normalized spacial score (nSPS) is 9.38. The van der Waals surface area contributed by atoms with Gasteiger partial charge >= 0.3 is 0 Å². The van der Waals surface area contributed by atoms with E-state index >= 15 is 0 Å². The van der Waals surface area contributed by atoms with Gasteiger partial charge < -0.3 is 10.6 Å². The quantitative estimate of drug-likeness (QED) is 0.802. The molecular weight excluding hydrogens is 247 g/mol. The Balaban J connectivity index is 0.00000225. The molecule has 0 unspecified atom stereocenters. The van der Waals surface area contributed by atoms with Crippen LogP contribution in [0.1, 0.15) is 13.3 Å². The Labute approximate surface area is 107 Å². The third kappa shape index (κ3) is 5.95. The average Bonchev–Trinajstić information content (AvgIpc) is 2.18. The van der Waals surface area contributed by atoms with Crippen LogP contribution >= 0.6 is 24.0 Å². The van der Waals surface area contributed by atoms with Crippen LogP contribution in [0.5, 0.6) is 0 Å². The second-order valence-electron chi connectivity index (χ2n) is 3.24. The van der Waals surface area contributed by atoms with E-state index in [0.717, 1.165) is 18.7 Å². The Morgan fingerprint density at radius 3 is 2.81 bits per heavy atom. The lowest BCUT2D eigenvalue weighted by Gasteiger charge is -2.05. The molecule has 0 radical (unpaired) electrons. The molecule has 90 valence electrons. The fourth-order valence-corrected chi connectivity index (χ4v) is 1.34. The van der Waals surface area contributed by atoms with E-state index in [1.54, 1.807) is 18.2 Å². The summed E-state index contributed by atoms with van der Waals surface area (Å²) in [7, 11) is 0. The zero-order valence-electron chi connectivity index (χ0n) is 9.13. The van der Waals surface area contributed by atoms with Gasteiger partial charge in [-0.25, -0.2) is 0 Å². The summed E-state index contributed by atoms with van der Waals surface area (Å²) in [4.78, 5) is 11.4. The highest BCUT2D eigenvalue weighted by molar-refractivity contribution is 6.30. The summed E-state index contributed by atoms with van der Waals surface area (Å²) in [6, 6.07) is 7.10. The molecule has 1 rings (SSSR count). The van der Waals surface area contributed by atoms with E-state index in [1.165, 1.54) is 0 Å². The van der Waals surface area contributed by atoms with Crippen LogP contribution in [0.2, 0.25) is 5.02 Å². The second kappa shape index (κ2) is 8.39. The van der Waals surface area contributed by atoms with E-state index in [-0.39, 0.29) is 18.3 Å². The fraction of sp³-hybridized carbons (Fsp3) is 0.364. The number of carbonyl (C=O) groups excluding carboxylic acids is 1.